The molecule has 2 aromatic heterocycles. The summed E-state index contributed by atoms with van der Waals surface area (Å²) in [5, 5.41) is 6.13. The number of carbonyl (C=O) groups excluding carboxylic acids is 2. The lowest BCUT2D eigenvalue weighted by Crippen LogP contribution is -2.37. The van der Waals surface area contributed by atoms with Crippen molar-refractivity contribution < 1.29 is 14.3 Å². The van der Waals surface area contributed by atoms with Crippen LogP contribution in [0.1, 0.15) is 19.8 Å². The number of nitrogens with one attached hydrogen (secondary N) is 2. The summed E-state index contributed by atoms with van der Waals surface area (Å²) in [6, 6.07) is 7.42. The highest BCUT2D eigenvalue weighted by Gasteiger charge is 2.22. The second-order valence-electron chi connectivity index (χ2n) is 8.45. The van der Waals surface area contributed by atoms with Crippen molar-refractivity contribution in [2.45, 2.75) is 26.3 Å². The number of benzene rings is 1. The van der Waals surface area contributed by atoms with Gasteiger partial charge in [0.1, 0.15) is 0 Å². The van der Waals surface area contributed by atoms with E-state index >= 15 is 0 Å². The SMILES string of the molecule is CC(=O)Nc1ccc(Nc2nc(N3CCOCC3)nc3c2ncn3CCN2CCCC2=O)cc1. The number of imidazole rings is 1. The van der Waals surface area contributed by atoms with Crippen LogP contribution in [-0.2, 0) is 20.9 Å². The second-order valence-corrected chi connectivity index (χ2v) is 8.45. The number of hydrogen-bond acceptors (Lipinski definition) is 8. The summed E-state index contributed by atoms with van der Waals surface area (Å²) in [6.45, 7) is 6.23. The number of nitrogens with zero attached hydrogens (tertiary/aromatic N) is 6. The molecule has 3 aromatic rings. The van der Waals surface area contributed by atoms with Crippen LogP contribution in [0.5, 0.6) is 0 Å². The minimum Gasteiger partial charge on any atom is -0.378 e. The van der Waals surface area contributed by atoms with Gasteiger partial charge in [-0.3, -0.25) is 9.59 Å². The van der Waals surface area contributed by atoms with Crippen molar-refractivity contribution in [2.24, 2.45) is 0 Å². The first-order valence-corrected chi connectivity index (χ1v) is 11.5. The highest BCUT2D eigenvalue weighted by atomic mass is 16.5. The molecule has 34 heavy (non-hydrogen) atoms. The van der Waals surface area contributed by atoms with E-state index in [1.807, 2.05) is 33.7 Å². The minimum atomic E-state index is -0.116. The fourth-order valence-corrected chi connectivity index (χ4v) is 4.23. The second kappa shape index (κ2) is 9.64. The maximum atomic E-state index is 12.0. The molecule has 0 radical (unpaired) electrons. The van der Waals surface area contributed by atoms with Crippen LogP contribution in [0.4, 0.5) is 23.1 Å². The third-order valence-corrected chi connectivity index (χ3v) is 6.00. The number of aromatic nitrogens is 4. The summed E-state index contributed by atoms with van der Waals surface area (Å²) in [7, 11) is 0. The molecule has 2 aliphatic rings. The number of anilines is 4. The topological polar surface area (TPSA) is 118 Å². The lowest BCUT2D eigenvalue weighted by Gasteiger charge is -2.27. The average Bonchev–Trinajstić information content (AvgIpc) is 3.45. The zero-order chi connectivity index (χ0) is 23.5. The van der Waals surface area contributed by atoms with Crippen LogP contribution in [0, 0.1) is 0 Å². The van der Waals surface area contributed by atoms with Gasteiger partial charge < -0.3 is 29.7 Å². The molecule has 2 amide bonds. The summed E-state index contributed by atoms with van der Waals surface area (Å²) in [5.74, 6) is 1.31. The van der Waals surface area contributed by atoms with Crippen molar-refractivity contribution in [3.63, 3.8) is 0 Å². The molecule has 178 valence electrons. The first-order valence-electron chi connectivity index (χ1n) is 11.5. The Morgan fingerprint density at radius 1 is 1.06 bits per heavy atom. The molecular formula is C23H28N8O3. The van der Waals surface area contributed by atoms with Crippen molar-refractivity contribution >= 4 is 46.1 Å². The fraction of sp³-hybridized carbons (Fsp3) is 0.435. The zero-order valence-electron chi connectivity index (χ0n) is 19.2. The number of morpholine rings is 1. The zero-order valence-corrected chi connectivity index (χ0v) is 19.2. The van der Waals surface area contributed by atoms with Gasteiger partial charge in [-0.15, -0.1) is 0 Å². The van der Waals surface area contributed by atoms with E-state index in [1.165, 1.54) is 6.92 Å². The van der Waals surface area contributed by atoms with Gasteiger partial charge in [-0.25, -0.2) is 4.98 Å². The third kappa shape index (κ3) is 4.79. The van der Waals surface area contributed by atoms with Crippen molar-refractivity contribution in [1.29, 1.82) is 0 Å². The lowest BCUT2D eigenvalue weighted by molar-refractivity contribution is -0.127. The summed E-state index contributed by atoms with van der Waals surface area (Å²) in [4.78, 5) is 41.5. The molecule has 2 N–H and O–H groups in total. The van der Waals surface area contributed by atoms with Crippen LogP contribution >= 0.6 is 0 Å². The Bertz CT molecular complexity index is 1190. The number of ether oxygens (including phenoxy) is 1. The molecular weight excluding hydrogens is 436 g/mol. The summed E-state index contributed by atoms with van der Waals surface area (Å²) in [6.07, 6.45) is 3.30. The molecule has 5 rings (SSSR count). The Morgan fingerprint density at radius 2 is 1.82 bits per heavy atom. The number of rotatable bonds is 7. The summed E-state index contributed by atoms with van der Waals surface area (Å²) in [5.41, 5.74) is 2.93. The maximum absolute atomic E-state index is 12.0. The van der Waals surface area contributed by atoms with Gasteiger partial charge in [-0.1, -0.05) is 0 Å². The first-order chi connectivity index (χ1) is 16.6. The molecule has 1 aromatic carbocycles. The van der Waals surface area contributed by atoms with Crippen LogP contribution in [0.2, 0.25) is 0 Å². The number of fused-ring (bicyclic) bond motifs is 1. The lowest BCUT2D eigenvalue weighted by atomic mass is 10.2. The molecule has 0 saturated carbocycles. The standard InChI is InChI=1S/C23H28N8O3/c1-16(32)25-17-4-6-18(7-5-17)26-21-20-22(28-23(27-21)30-11-13-34-14-12-30)31(15-24-20)10-9-29-8-2-3-19(29)33/h4-7,15H,2-3,8-14H2,1H3,(H,25,32)(H,26,27,28). The molecule has 11 heteroatoms. The van der Waals surface area contributed by atoms with Crippen LogP contribution < -0.4 is 15.5 Å². The Balaban J connectivity index is 1.44. The van der Waals surface area contributed by atoms with E-state index in [0.29, 0.717) is 63.1 Å². The third-order valence-electron chi connectivity index (χ3n) is 6.00. The number of carbonyl (C=O) groups is 2. The fourth-order valence-electron chi connectivity index (χ4n) is 4.23. The monoisotopic (exact) mass is 464 g/mol. The van der Waals surface area contributed by atoms with Gasteiger partial charge in [0, 0.05) is 57.4 Å². The Morgan fingerprint density at radius 3 is 2.53 bits per heavy atom. The van der Waals surface area contributed by atoms with E-state index in [4.69, 9.17) is 14.7 Å². The molecule has 2 fully saturated rings. The van der Waals surface area contributed by atoms with Gasteiger partial charge in [0.25, 0.3) is 0 Å². The Labute approximate surface area is 197 Å². The number of likely N-dealkylation sites (tertiary alicyclic amines) is 1. The van der Waals surface area contributed by atoms with Gasteiger partial charge in [-0.2, -0.15) is 9.97 Å². The van der Waals surface area contributed by atoms with Gasteiger partial charge in [0.2, 0.25) is 17.8 Å². The van der Waals surface area contributed by atoms with Gasteiger partial charge in [-0.05, 0) is 30.7 Å². The van der Waals surface area contributed by atoms with E-state index in [-0.39, 0.29) is 11.8 Å². The van der Waals surface area contributed by atoms with E-state index in [0.717, 1.165) is 30.0 Å². The quantitative estimate of drug-likeness (QED) is 0.545. The summed E-state index contributed by atoms with van der Waals surface area (Å²) < 4.78 is 7.47. The molecule has 0 unspecified atom stereocenters. The van der Waals surface area contributed by atoms with Gasteiger partial charge in [0.05, 0.1) is 19.5 Å². The van der Waals surface area contributed by atoms with Crippen LogP contribution in [-0.4, -0.2) is 75.6 Å². The average molecular weight is 465 g/mol. The van der Waals surface area contributed by atoms with E-state index in [1.54, 1.807) is 6.33 Å². The van der Waals surface area contributed by atoms with Gasteiger partial charge in [0.15, 0.2) is 17.0 Å². The van der Waals surface area contributed by atoms with E-state index < -0.39 is 0 Å². The Hall–Kier alpha value is -3.73. The molecule has 0 bridgehead atoms. The van der Waals surface area contributed by atoms with Crippen molar-refractivity contribution in [2.75, 3.05) is 54.9 Å². The highest BCUT2D eigenvalue weighted by Crippen LogP contribution is 2.27. The molecule has 2 saturated heterocycles. The highest BCUT2D eigenvalue weighted by molar-refractivity contribution is 5.89. The van der Waals surface area contributed by atoms with E-state index in [2.05, 4.69) is 20.5 Å². The van der Waals surface area contributed by atoms with Crippen molar-refractivity contribution in [3.8, 4) is 0 Å². The van der Waals surface area contributed by atoms with E-state index in [9.17, 15) is 9.59 Å². The summed E-state index contributed by atoms with van der Waals surface area (Å²) >= 11 is 0. The number of amides is 2. The molecule has 0 atom stereocenters. The van der Waals surface area contributed by atoms with Crippen LogP contribution in [0.3, 0.4) is 0 Å². The molecule has 0 aliphatic carbocycles. The minimum absolute atomic E-state index is 0.116. The smallest absolute Gasteiger partial charge is 0.229 e. The van der Waals surface area contributed by atoms with Gasteiger partial charge >= 0.3 is 0 Å². The molecule has 4 heterocycles. The predicted octanol–water partition coefficient (Wildman–Crippen LogP) is 1.99. The molecule has 2 aliphatic heterocycles. The van der Waals surface area contributed by atoms with Crippen LogP contribution in [0.25, 0.3) is 11.2 Å². The molecule has 11 nitrogen and oxygen atoms in total. The van der Waals surface area contributed by atoms with Crippen LogP contribution in [0.15, 0.2) is 30.6 Å². The first kappa shape index (κ1) is 22.1. The Kier molecular flexibility index (Phi) is 6.26. The normalized spacial score (nSPS) is 16.3. The number of hydrogen-bond donors (Lipinski definition) is 2. The van der Waals surface area contributed by atoms with Crippen molar-refractivity contribution in [3.05, 3.63) is 30.6 Å². The predicted molar refractivity (Wildman–Crippen MR) is 128 cm³/mol. The molecule has 0 spiro atoms. The maximum Gasteiger partial charge on any atom is 0.229 e. The van der Waals surface area contributed by atoms with Crippen molar-refractivity contribution in [1.82, 2.24) is 24.4 Å². The largest absolute Gasteiger partial charge is 0.378 e.